The van der Waals surface area contributed by atoms with Crippen molar-refractivity contribution in [2.24, 2.45) is 0 Å². The van der Waals surface area contributed by atoms with Crippen LogP contribution in [0.5, 0.6) is 17.2 Å². The number of benzene rings is 2. The number of esters is 1. The Kier molecular flexibility index (Phi) is 9.62. The minimum atomic E-state index is -4.04. The van der Waals surface area contributed by atoms with Gasteiger partial charge in [-0.15, -0.1) is 0 Å². The summed E-state index contributed by atoms with van der Waals surface area (Å²) in [5, 5.41) is 0. The molecule has 0 unspecified atom stereocenters. The van der Waals surface area contributed by atoms with Gasteiger partial charge >= 0.3 is 16.2 Å². The molecule has 0 aromatic heterocycles. The monoisotopic (exact) mass is 506 g/mol. The Morgan fingerprint density at radius 1 is 1.00 bits per heavy atom. The molecule has 1 aliphatic rings. The van der Waals surface area contributed by atoms with Crippen LogP contribution in [0.3, 0.4) is 0 Å². The van der Waals surface area contributed by atoms with Crippen LogP contribution in [0.15, 0.2) is 42.5 Å². The number of ether oxygens (including phenoxy) is 4. The Balaban J connectivity index is 1.62. The smallest absolute Gasteiger partial charge is 0.324 e. The van der Waals surface area contributed by atoms with E-state index < -0.39 is 22.2 Å². The minimum absolute atomic E-state index is 0.230. The molecule has 9 nitrogen and oxygen atoms in total. The highest BCUT2D eigenvalue weighted by Crippen LogP contribution is 2.40. The average Bonchev–Trinajstić information content (AvgIpc) is 2.88. The van der Waals surface area contributed by atoms with Crippen LogP contribution in [-0.4, -0.2) is 59.2 Å². The van der Waals surface area contributed by atoms with E-state index in [1.165, 1.54) is 43.3 Å². The molecule has 0 amide bonds. The number of methoxy groups -OCH3 is 3. The third-order valence-electron chi connectivity index (χ3n) is 5.89. The van der Waals surface area contributed by atoms with Gasteiger partial charge in [0.15, 0.2) is 11.5 Å². The van der Waals surface area contributed by atoms with Crippen molar-refractivity contribution in [3.05, 3.63) is 48.0 Å². The van der Waals surface area contributed by atoms with Crippen LogP contribution >= 0.6 is 0 Å². The number of anilines is 1. The first-order valence-corrected chi connectivity index (χ1v) is 13.1. The zero-order valence-corrected chi connectivity index (χ0v) is 21.3. The van der Waals surface area contributed by atoms with Gasteiger partial charge in [-0.05, 0) is 44.1 Å². The number of carbonyl (C=O) groups excluding carboxylic acids is 1. The molecule has 35 heavy (non-hydrogen) atoms. The number of hydrogen-bond donors (Lipinski definition) is 1. The third-order valence-corrected chi connectivity index (χ3v) is 7.44. The van der Waals surface area contributed by atoms with Crippen LogP contribution in [0, 0.1) is 0 Å². The van der Waals surface area contributed by atoms with Crippen molar-refractivity contribution >= 4 is 21.9 Å². The van der Waals surface area contributed by atoms with Crippen LogP contribution in [0.1, 0.15) is 37.7 Å². The molecule has 0 radical (unpaired) electrons. The van der Waals surface area contributed by atoms with E-state index in [1.54, 1.807) is 0 Å². The van der Waals surface area contributed by atoms with Gasteiger partial charge in [-0.25, -0.2) is 0 Å². The largest absolute Gasteiger partial charge is 0.493 e. The molecular formula is C25H34N2O7S. The number of rotatable bonds is 12. The van der Waals surface area contributed by atoms with E-state index in [1.807, 2.05) is 18.2 Å². The zero-order chi connectivity index (χ0) is 25.3. The highest BCUT2D eigenvalue weighted by molar-refractivity contribution is 7.90. The Labute approximate surface area is 207 Å². The summed E-state index contributed by atoms with van der Waals surface area (Å²) in [6.45, 7) is 0.490. The van der Waals surface area contributed by atoms with E-state index in [0.717, 1.165) is 19.3 Å². The molecule has 0 aliphatic carbocycles. The first-order valence-electron chi connectivity index (χ1n) is 11.7. The lowest BCUT2D eigenvalue weighted by atomic mass is 10.1. The quantitative estimate of drug-likeness (QED) is 0.345. The number of carbonyl (C=O) groups is 1. The van der Waals surface area contributed by atoms with E-state index in [0.29, 0.717) is 36.5 Å². The van der Waals surface area contributed by atoms with Crippen molar-refractivity contribution in [1.82, 2.24) is 4.31 Å². The molecule has 3 rings (SSSR count). The van der Waals surface area contributed by atoms with Crippen molar-refractivity contribution in [1.29, 1.82) is 0 Å². The molecule has 2 aromatic rings. The van der Waals surface area contributed by atoms with E-state index in [9.17, 15) is 13.2 Å². The fraction of sp³-hybridized carbons (Fsp3) is 0.480. The lowest BCUT2D eigenvalue weighted by molar-refractivity contribution is -0.149. The summed E-state index contributed by atoms with van der Waals surface area (Å²) < 4.78 is 51.6. The van der Waals surface area contributed by atoms with Crippen LogP contribution in [0.4, 0.5) is 5.69 Å². The van der Waals surface area contributed by atoms with Gasteiger partial charge in [0, 0.05) is 18.7 Å². The Morgan fingerprint density at radius 2 is 1.69 bits per heavy atom. The van der Waals surface area contributed by atoms with Gasteiger partial charge in [0.1, 0.15) is 6.04 Å². The maximum Gasteiger partial charge on any atom is 0.324 e. The van der Waals surface area contributed by atoms with Gasteiger partial charge in [-0.1, -0.05) is 30.3 Å². The molecule has 0 bridgehead atoms. The number of aryl methyl sites for hydroxylation is 1. The van der Waals surface area contributed by atoms with E-state index >= 15 is 0 Å². The number of hydrogen-bond acceptors (Lipinski definition) is 7. The topological polar surface area (TPSA) is 103 Å². The minimum Gasteiger partial charge on any atom is -0.493 e. The molecule has 192 valence electrons. The summed E-state index contributed by atoms with van der Waals surface area (Å²) in [6.07, 6.45) is 4.33. The van der Waals surface area contributed by atoms with Crippen LogP contribution in [0.2, 0.25) is 0 Å². The van der Waals surface area contributed by atoms with Gasteiger partial charge in [-0.2, -0.15) is 12.7 Å². The molecular weight excluding hydrogens is 472 g/mol. The zero-order valence-electron chi connectivity index (χ0n) is 20.5. The number of nitrogens with zero attached hydrogens (tertiary/aromatic N) is 1. The van der Waals surface area contributed by atoms with Gasteiger partial charge < -0.3 is 18.9 Å². The average molecular weight is 507 g/mol. The molecule has 1 saturated heterocycles. The van der Waals surface area contributed by atoms with Crippen LogP contribution < -0.4 is 18.9 Å². The second-order valence-corrected chi connectivity index (χ2v) is 9.88. The second kappa shape index (κ2) is 12.6. The standard InChI is InChI=1S/C25H34N2O7S/c1-31-22-17-20(18-23(32-2)24(22)33-3)26-35(29,30)27-15-9-7-14-21(27)25(28)34-16-10-8-13-19-11-5-4-6-12-19/h4-6,11-12,17-18,21,26H,7-10,13-16H2,1-3H3/t21-/m0/s1. The molecule has 0 spiro atoms. The van der Waals surface area contributed by atoms with Gasteiger partial charge in [0.25, 0.3) is 0 Å². The molecule has 2 aromatic carbocycles. The summed E-state index contributed by atoms with van der Waals surface area (Å²) in [4.78, 5) is 12.8. The third kappa shape index (κ3) is 7.02. The molecule has 1 fully saturated rings. The number of unbranched alkanes of at least 4 members (excludes halogenated alkanes) is 1. The van der Waals surface area contributed by atoms with Crippen LogP contribution in [-0.2, 0) is 26.2 Å². The van der Waals surface area contributed by atoms with E-state index in [-0.39, 0.29) is 18.8 Å². The van der Waals surface area contributed by atoms with Crippen molar-refractivity contribution in [2.45, 2.75) is 44.6 Å². The molecule has 1 atom stereocenters. The summed E-state index contributed by atoms with van der Waals surface area (Å²) in [7, 11) is 0.328. The van der Waals surface area contributed by atoms with Gasteiger partial charge in [0.05, 0.1) is 33.6 Å². The maximum atomic E-state index is 13.3. The molecule has 1 aliphatic heterocycles. The fourth-order valence-corrected chi connectivity index (χ4v) is 5.55. The van der Waals surface area contributed by atoms with Gasteiger partial charge in [-0.3, -0.25) is 9.52 Å². The fourth-order valence-electron chi connectivity index (χ4n) is 4.12. The highest BCUT2D eigenvalue weighted by atomic mass is 32.2. The Bertz CT molecular complexity index is 1050. The lowest BCUT2D eigenvalue weighted by Gasteiger charge is -2.33. The number of nitrogens with one attached hydrogen (secondary N) is 1. The SMILES string of the molecule is COc1cc(NS(=O)(=O)N2CCCC[C@H]2C(=O)OCCCCc2ccccc2)cc(OC)c1OC. The van der Waals surface area contributed by atoms with E-state index in [2.05, 4.69) is 16.9 Å². The first-order chi connectivity index (χ1) is 16.9. The molecule has 1 heterocycles. The molecule has 10 heteroatoms. The van der Waals surface area contributed by atoms with Crippen molar-refractivity contribution in [3.8, 4) is 17.2 Å². The summed E-state index contributed by atoms with van der Waals surface area (Å²) in [5.41, 5.74) is 1.47. The normalized spacial score (nSPS) is 16.4. The summed E-state index contributed by atoms with van der Waals surface area (Å²) in [5.74, 6) is 0.466. The Morgan fingerprint density at radius 3 is 2.31 bits per heavy atom. The second-order valence-electron chi connectivity index (χ2n) is 8.25. The highest BCUT2D eigenvalue weighted by Gasteiger charge is 2.38. The van der Waals surface area contributed by atoms with E-state index in [4.69, 9.17) is 18.9 Å². The lowest BCUT2D eigenvalue weighted by Crippen LogP contribution is -2.50. The summed E-state index contributed by atoms with van der Waals surface area (Å²) >= 11 is 0. The molecule has 1 N–H and O–H groups in total. The van der Waals surface area contributed by atoms with Gasteiger partial charge in [0.2, 0.25) is 5.75 Å². The van der Waals surface area contributed by atoms with Crippen molar-refractivity contribution in [3.63, 3.8) is 0 Å². The maximum absolute atomic E-state index is 13.3. The Hall–Kier alpha value is -2.98. The van der Waals surface area contributed by atoms with Crippen molar-refractivity contribution in [2.75, 3.05) is 39.2 Å². The molecule has 0 saturated carbocycles. The predicted molar refractivity (Wildman–Crippen MR) is 133 cm³/mol. The van der Waals surface area contributed by atoms with Crippen molar-refractivity contribution < 1.29 is 32.2 Å². The summed E-state index contributed by atoms with van der Waals surface area (Å²) in [6, 6.07) is 12.3. The number of piperidine rings is 1. The van der Waals surface area contributed by atoms with Crippen LogP contribution in [0.25, 0.3) is 0 Å². The predicted octanol–water partition coefficient (Wildman–Crippen LogP) is 3.79. The first kappa shape index (κ1) is 26.6.